The van der Waals surface area contributed by atoms with Crippen LogP contribution in [0, 0.1) is 3.57 Å². The lowest BCUT2D eigenvalue weighted by Gasteiger charge is -2.02. The van der Waals surface area contributed by atoms with E-state index in [4.69, 9.17) is 0 Å². The normalized spacial score (nSPS) is 9.50. The fraction of sp³-hybridized carbons (Fsp3) is 0.143. The van der Waals surface area contributed by atoms with Crippen LogP contribution in [0.4, 0.5) is 0 Å². The lowest BCUT2D eigenvalue weighted by Crippen LogP contribution is -2.04. The van der Waals surface area contributed by atoms with Gasteiger partial charge in [-0.1, -0.05) is 0 Å². The number of aromatic hydroxyl groups is 1. The molecule has 0 saturated heterocycles. The molecule has 0 aromatic carbocycles. The predicted octanol–water partition coefficient (Wildman–Crippen LogP) is 1.18. The van der Waals surface area contributed by atoms with Gasteiger partial charge < -0.3 is 9.84 Å². The van der Waals surface area contributed by atoms with Gasteiger partial charge in [-0.05, 0) is 28.7 Å². The van der Waals surface area contributed by atoms with Crippen LogP contribution in [0.3, 0.4) is 0 Å². The number of esters is 1. The summed E-state index contributed by atoms with van der Waals surface area (Å²) in [5, 5.41) is 9.18. The minimum atomic E-state index is -0.579. The van der Waals surface area contributed by atoms with Crippen molar-refractivity contribution in [2.75, 3.05) is 7.11 Å². The van der Waals surface area contributed by atoms with Gasteiger partial charge in [0.25, 0.3) is 0 Å². The summed E-state index contributed by atoms with van der Waals surface area (Å²) < 4.78 is 5.07. The van der Waals surface area contributed by atoms with Gasteiger partial charge in [-0.15, -0.1) is 0 Å². The van der Waals surface area contributed by atoms with Crippen molar-refractivity contribution in [1.29, 1.82) is 0 Å². The third kappa shape index (κ3) is 1.66. The molecule has 0 aliphatic carbocycles. The van der Waals surface area contributed by atoms with Crippen molar-refractivity contribution in [1.82, 2.24) is 4.98 Å². The van der Waals surface area contributed by atoms with Crippen molar-refractivity contribution >= 4 is 28.6 Å². The van der Waals surface area contributed by atoms with E-state index in [-0.39, 0.29) is 11.4 Å². The molecule has 0 fully saturated rings. The molecule has 0 unspecified atom stereocenters. The average Bonchev–Trinajstić information content (AvgIpc) is 2.03. The van der Waals surface area contributed by atoms with Crippen LogP contribution < -0.4 is 0 Å². The van der Waals surface area contributed by atoms with E-state index in [1.807, 2.05) is 22.6 Å². The summed E-state index contributed by atoms with van der Waals surface area (Å²) in [4.78, 5) is 14.6. The number of nitrogens with zero attached hydrogens (tertiary/aromatic N) is 1. The first kappa shape index (κ1) is 9.24. The molecule has 0 aliphatic heterocycles. The summed E-state index contributed by atoms with van der Waals surface area (Å²) >= 11 is 1.92. The number of pyridine rings is 1. The number of carbonyl (C=O) groups is 1. The summed E-state index contributed by atoms with van der Waals surface area (Å²) in [5.74, 6) is -0.876. The molecule has 0 aliphatic rings. The molecule has 0 amide bonds. The molecule has 1 aromatic rings. The number of rotatable bonds is 1. The topological polar surface area (TPSA) is 59.4 Å². The van der Waals surface area contributed by atoms with E-state index in [0.717, 1.165) is 0 Å². The summed E-state index contributed by atoms with van der Waals surface area (Å²) in [5.41, 5.74) is 0.112. The molecular weight excluding hydrogens is 273 g/mol. The van der Waals surface area contributed by atoms with Crippen molar-refractivity contribution in [3.63, 3.8) is 0 Å². The molecule has 0 radical (unpaired) electrons. The summed E-state index contributed by atoms with van der Waals surface area (Å²) in [6.45, 7) is 0. The van der Waals surface area contributed by atoms with Crippen LogP contribution in [-0.2, 0) is 4.74 Å². The van der Waals surface area contributed by atoms with Gasteiger partial charge in [0.15, 0.2) is 0 Å². The first-order valence-electron chi connectivity index (χ1n) is 3.08. The molecular formula is C7H6INO3. The molecule has 5 heteroatoms. The number of ether oxygens (including phenoxy) is 1. The molecule has 1 N–H and O–H groups in total. The molecule has 1 rings (SSSR count). The summed E-state index contributed by atoms with van der Waals surface area (Å²) in [6.07, 6.45) is 1.42. The second-order valence-electron chi connectivity index (χ2n) is 1.98. The number of halogens is 1. The molecule has 0 spiro atoms. The van der Waals surface area contributed by atoms with Crippen molar-refractivity contribution in [3.05, 3.63) is 21.4 Å². The zero-order valence-electron chi connectivity index (χ0n) is 6.24. The van der Waals surface area contributed by atoms with Crippen molar-refractivity contribution in [2.45, 2.75) is 0 Å². The maximum absolute atomic E-state index is 11.0. The molecule has 0 saturated carbocycles. The predicted molar refractivity (Wildman–Crippen MR) is 50.0 cm³/mol. The minimum absolute atomic E-state index is 0.112. The van der Waals surface area contributed by atoms with Crippen molar-refractivity contribution < 1.29 is 14.6 Å². The Balaban J connectivity index is 3.21. The van der Waals surface area contributed by atoms with E-state index in [1.165, 1.54) is 13.3 Å². The van der Waals surface area contributed by atoms with E-state index in [9.17, 15) is 9.90 Å². The fourth-order valence-electron chi connectivity index (χ4n) is 0.719. The van der Waals surface area contributed by atoms with Crippen LogP contribution in [0.15, 0.2) is 12.3 Å². The van der Waals surface area contributed by atoms with Crippen LogP contribution in [0.5, 0.6) is 5.88 Å². The van der Waals surface area contributed by atoms with Gasteiger partial charge in [0, 0.05) is 9.77 Å². The fourth-order valence-corrected chi connectivity index (χ4v) is 1.34. The highest BCUT2D eigenvalue weighted by Gasteiger charge is 2.15. The average molecular weight is 279 g/mol. The summed E-state index contributed by atoms with van der Waals surface area (Å²) in [7, 11) is 1.25. The van der Waals surface area contributed by atoms with Crippen molar-refractivity contribution in [2.24, 2.45) is 0 Å². The summed E-state index contributed by atoms with van der Waals surface area (Å²) in [6, 6.07) is 1.62. The highest BCUT2D eigenvalue weighted by atomic mass is 127. The Kier molecular flexibility index (Phi) is 2.85. The number of carbonyl (C=O) groups excluding carboxylic acids is 1. The van der Waals surface area contributed by atoms with E-state index in [1.54, 1.807) is 6.07 Å². The zero-order chi connectivity index (χ0) is 9.14. The molecule has 0 atom stereocenters. The first-order valence-corrected chi connectivity index (χ1v) is 4.16. The first-order chi connectivity index (χ1) is 5.66. The van der Waals surface area contributed by atoms with Gasteiger partial charge in [-0.25, -0.2) is 9.78 Å². The van der Waals surface area contributed by atoms with Crippen LogP contribution >= 0.6 is 22.6 Å². The molecule has 64 valence electrons. The number of hydrogen-bond donors (Lipinski definition) is 1. The van der Waals surface area contributed by atoms with E-state index >= 15 is 0 Å². The largest absolute Gasteiger partial charge is 0.493 e. The maximum Gasteiger partial charge on any atom is 0.344 e. The Morgan fingerprint density at radius 3 is 2.92 bits per heavy atom. The van der Waals surface area contributed by atoms with Crippen LogP contribution in [0.1, 0.15) is 10.4 Å². The Morgan fingerprint density at radius 1 is 1.75 bits per heavy atom. The second-order valence-corrected chi connectivity index (χ2v) is 3.15. The van der Waals surface area contributed by atoms with E-state index < -0.39 is 5.97 Å². The Morgan fingerprint density at radius 2 is 2.42 bits per heavy atom. The van der Waals surface area contributed by atoms with E-state index in [0.29, 0.717) is 3.57 Å². The maximum atomic E-state index is 11.0. The third-order valence-electron chi connectivity index (χ3n) is 1.27. The zero-order valence-corrected chi connectivity index (χ0v) is 8.40. The van der Waals surface area contributed by atoms with Crippen LogP contribution in [0.2, 0.25) is 0 Å². The minimum Gasteiger partial charge on any atom is -0.493 e. The van der Waals surface area contributed by atoms with Gasteiger partial charge in [-0.3, -0.25) is 0 Å². The lowest BCUT2D eigenvalue weighted by atomic mass is 10.3. The Bertz CT molecular complexity index is 293. The second kappa shape index (κ2) is 3.70. The molecule has 4 nitrogen and oxygen atoms in total. The quantitative estimate of drug-likeness (QED) is 0.619. The third-order valence-corrected chi connectivity index (χ3v) is 2.17. The van der Waals surface area contributed by atoms with Gasteiger partial charge in [0.2, 0.25) is 5.88 Å². The molecule has 0 bridgehead atoms. The number of hydrogen-bond acceptors (Lipinski definition) is 4. The van der Waals surface area contributed by atoms with Crippen molar-refractivity contribution in [3.8, 4) is 5.88 Å². The Hall–Kier alpha value is -0.850. The Labute approximate surface area is 82.7 Å². The van der Waals surface area contributed by atoms with Gasteiger partial charge in [-0.2, -0.15) is 0 Å². The number of methoxy groups -OCH3 is 1. The van der Waals surface area contributed by atoms with Gasteiger partial charge in [0.05, 0.1) is 7.11 Å². The van der Waals surface area contributed by atoms with Gasteiger partial charge in [0.1, 0.15) is 5.56 Å². The SMILES string of the molecule is COC(=O)c1c(I)ccnc1O. The molecule has 12 heavy (non-hydrogen) atoms. The lowest BCUT2D eigenvalue weighted by molar-refractivity contribution is 0.0595. The standard InChI is InChI=1S/C7H6INO3/c1-12-7(11)5-4(8)2-3-9-6(5)10/h2-3H,1H3,(H,9,10). The van der Waals surface area contributed by atoms with E-state index in [2.05, 4.69) is 9.72 Å². The van der Waals surface area contributed by atoms with Crippen LogP contribution in [0.25, 0.3) is 0 Å². The van der Waals surface area contributed by atoms with Crippen LogP contribution in [-0.4, -0.2) is 23.2 Å². The molecule has 1 aromatic heterocycles. The highest BCUT2D eigenvalue weighted by Crippen LogP contribution is 2.20. The highest BCUT2D eigenvalue weighted by molar-refractivity contribution is 14.1. The van der Waals surface area contributed by atoms with Gasteiger partial charge >= 0.3 is 5.97 Å². The molecule has 1 heterocycles. The smallest absolute Gasteiger partial charge is 0.344 e. The monoisotopic (exact) mass is 279 g/mol. The number of aromatic nitrogens is 1.